The molecular weight excluding hydrogens is 350 g/mol. The number of fused-ring (bicyclic) bond motifs is 1. The van der Waals surface area contributed by atoms with Crippen LogP contribution in [-0.2, 0) is 4.79 Å². The molecule has 0 radical (unpaired) electrons. The summed E-state index contributed by atoms with van der Waals surface area (Å²) in [6.07, 6.45) is 3.66. The Morgan fingerprint density at radius 2 is 2.18 bits per heavy atom. The van der Waals surface area contributed by atoms with Crippen LogP contribution < -0.4 is 5.32 Å². The van der Waals surface area contributed by atoms with E-state index in [-0.39, 0.29) is 12.2 Å². The first-order chi connectivity index (χ1) is 10.4. The zero-order valence-electron chi connectivity index (χ0n) is 12.2. The molecule has 22 heavy (non-hydrogen) atoms. The molecule has 0 fully saturated rings. The number of halogens is 1. The Morgan fingerprint density at radius 1 is 1.45 bits per heavy atom. The number of aryl methyl sites for hydroxylation is 1. The molecule has 2 rings (SSSR count). The summed E-state index contributed by atoms with van der Waals surface area (Å²) in [5.74, 6) is -1.47. The van der Waals surface area contributed by atoms with Crippen molar-refractivity contribution in [3.63, 3.8) is 0 Å². The van der Waals surface area contributed by atoms with Crippen LogP contribution in [0.2, 0.25) is 0 Å². The van der Waals surface area contributed by atoms with Crippen LogP contribution in [0, 0.1) is 6.92 Å². The summed E-state index contributed by atoms with van der Waals surface area (Å²) in [6.45, 7) is 3.57. The quantitative estimate of drug-likeness (QED) is 0.792. The molecule has 2 aromatic rings. The number of carboxylic acids is 1. The number of aliphatic carboxylic acids is 1. The molecule has 0 saturated heterocycles. The summed E-state index contributed by atoms with van der Waals surface area (Å²) in [4.78, 5) is 23.5. The van der Waals surface area contributed by atoms with E-state index in [0.717, 1.165) is 9.86 Å². The predicted octanol–water partition coefficient (Wildman–Crippen LogP) is 3.65. The van der Waals surface area contributed by atoms with E-state index in [0.29, 0.717) is 11.1 Å². The lowest BCUT2D eigenvalue weighted by Crippen LogP contribution is -2.40. The maximum Gasteiger partial charge on any atom is 0.326 e. The van der Waals surface area contributed by atoms with Crippen molar-refractivity contribution < 1.29 is 19.1 Å². The largest absolute Gasteiger partial charge is 0.480 e. The van der Waals surface area contributed by atoms with E-state index in [1.165, 1.54) is 0 Å². The first kappa shape index (κ1) is 16.3. The molecule has 2 N–H and O–H groups in total. The van der Waals surface area contributed by atoms with Gasteiger partial charge in [0.15, 0.2) is 5.76 Å². The van der Waals surface area contributed by atoms with Gasteiger partial charge in [-0.15, -0.1) is 0 Å². The molecule has 0 aliphatic rings. The Balaban J connectivity index is 2.29. The second-order valence-electron chi connectivity index (χ2n) is 4.87. The molecule has 0 bridgehead atoms. The Morgan fingerprint density at radius 3 is 2.82 bits per heavy atom. The third-order valence-electron chi connectivity index (χ3n) is 3.32. The van der Waals surface area contributed by atoms with Crippen LogP contribution in [0.15, 0.2) is 39.2 Å². The fourth-order valence-corrected chi connectivity index (χ4v) is 2.49. The minimum absolute atomic E-state index is 0.139. The third kappa shape index (κ3) is 3.39. The van der Waals surface area contributed by atoms with Gasteiger partial charge >= 0.3 is 5.97 Å². The molecule has 1 atom stereocenters. The third-order valence-corrected chi connectivity index (χ3v) is 3.81. The number of furan rings is 1. The Kier molecular flexibility index (Phi) is 5.03. The second-order valence-corrected chi connectivity index (χ2v) is 5.78. The van der Waals surface area contributed by atoms with Crippen LogP contribution in [0.5, 0.6) is 0 Å². The van der Waals surface area contributed by atoms with E-state index in [9.17, 15) is 9.59 Å². The molecule has 0 aliphatic heterocycles. The van der Waals surface area contributed by atoms with Gasteiger partial charge in [-0.05, 0) is 38.5 Å². The van der Waals surface area contributed by atoms with Crippen LogP contribution >= 0.6 is 15.9 Å². The number of benzene rings is 1. The molecule has 0 aliphatic carbocycles. The van der Waals surface area contributed by atoms with E-state index < -0.39 is 17.9 Å². The fourth-order valence-electron chi connectivity index (χ4n) is 2.13. The Labute approximate surface area is 136 Å². The molecule has 6 heteroatoms. The van der Waals surface area contributed by atoms with Gasteiger partial charge in [-0.1, -0.05) is 28.1 Å². The maximum absolute atomic E-state index is 12.3. The van der Waals surface area contributed by atoms with Crippen molar-refractivity contribution in [1.82, 2.24) is 5.32 Å². The number of hydrogen-bond acceptors (Lipinski definition) is 3. The van der Waals surface area contributed by atoms with Gasteiger partial charge in [-0.2, -0.15) is 0 Å². The first-order valence-corrected chi connectivity index (χ1v) is 7.56. The minimum atomic E-state index is -1.08. The van der Waals surface area contributed by atoms with E-state index in [4.69, 9.17) is 9.52 Å². The fraction of sp³-hybridized carbons (Fsp3) is 0.250. The van der Waals surface area contributed by atoms with Crippen molar-refractivity contribution in [3.05, 3.63) is 46.1 Å². The number of carbonyl (C=O) groups is 2. The van der Waals surface area contributed by atoms with Crippen LogP contribution in [-0.4, -0.2) is 23.0 Å². The summed E-state index contributed by atoms with van der Waals surface area (Å²) >= 11 is 3.37. The van der Waals surface area contributed by atoms with Crippen LogP contribution in [0.25, 0.3) is 11.0 Å². The molecule has 116 valence electrons. The van der Waals surface area contributed by atoms with Crippen molar-refractivity contribution in [2.45, 2.75) is 26.3 Å². The summed E-state index contributed by atoms with van der Waals surface area (Å²) in [5, 5.41) is 12.5. The topological polar surface area (TPSA) is 79.5 Å². The van der Waals surface area contributed by atoms with Gasteiger partial charge in [0.1, 0.15) is 11.6 Å². The molecule has 1 amide bonds. The number of nitrogens with one attached hydrogen (secondary N) is 1. The highest BCUT2D eigenvalue weighted by molar-refractivity contribution is 9.10. The predicted molar refractivity (Wildman–Crippen MR) is 87.0 cm³/mol. The first-order valence-electron chi connectivity index (χ1n) is 6.77. The molecule has 0 saturated carbocycles. The standard InChI is InChI=1S/C16H16BrNO4/c1-3-4-5-12(16(20)21)18-15(19)14-9(2)11-8-10(17)6-7-13(11)22-14/h3-4,6-8,12H,5H2,1-2H3,(H,18,19)(H,20,21)/b4-3+. The number of hydrogen-bond donors (Lipinski definition) is 2. The summed E-state index contributed by atoms with van der Waals surface area (Å²) in [7, 11) is 0. The minimum Gasteiger partial charge on any atom is -0.480 e. The van der Waals surface area contributed by atoms with Gasteiger partial charge in [-0.25, -0.2) is 4.79 Å². The zero-order chi connectivity index (χ0) is 16.3. The number of allylic oxidation sites excluding steroid dienone is 1. The van der Waals surface area contributed by atoms with Gasteiger partial charge in [0.25, 0.3) is 5.91 Å². The second kappa shape index (κ2) is 6.79. The van der Waals surface area contributed by atoms with Gasteiger partial charge in [0, 0.05) is 15.4 Å². The molecule has 1 aromatic carbocycles. The molecule has 1 unspecified atom stereocenters. The SMILES string of the molecule is C/C=C/CC(NC(=O)c1oc2ccc(Br)cc2c1C)C(=O)O. The van der Waals surface area contributed by atoms with E-state index in [2.05, 4.69) is 21.2 Å². The average Bonchev–Trinajstić information content (AvgIpc) is 2.80. The number of carboxylic acid groups (broad SMARTS) is 1. The molecule has 0 spiro atoms. The summed E-state index contributed by atoms with van der Waals surface area (Å²) in [6, 6.07) is 4.46. The lowest BCUT2D eigenvalue weighted by molar-refractivity contribution is -0.139. The molecule has 1 aromatic heterocycles. The lowest BCUT2D eigenvalue weighted by atomic mass is 10.1. The normalized spacial score (nSPS) is 12.7. The van der Waals surface area contributed by atoms with Crippen molar-refractivity contribution in [1.29, 1.82) is 0 Å². The van der Waals surface area contributed by atoms with Gasteiger partial charge in [0.2, 0.25) is 0 Å². The Hall–Kier alpha value is -2.08. The number of carbonyl (C=O) groups excluding carboxylic acids is 1. The van der Waals surface area contributed by atoms with E-state index in [1.807, 2.05) is 12.1 Å². The Bertz CT molecular complexity index is 748. The van der Waals surface area contributed by atoms with Gasteiger partial charge < -0.3 is 14.8 Å². The lowest BCUT2D eigenvalue weighted by Gasteiger charge is -2.11. The highest BCUT2D eigenvalue weighted by atomic mass is 79.9. The molecular formula is C16H16BrNO4. The summed E-state index contributed by atoms with van der Waals surface area (Å²) < 4.78 is 6.44. The average molecular weight is 366 g/mol. The smallest absolute Gasteiger partial charge is 0.326 e. The highest BCUT2D eigenvalue weighted by Gasteiger charge is 2.23. The monoisotopic (exact) mass is 365 g/mol. The van der Waals surface area contributed by atoms with Crippen molar-refractivity contribution in [2.75, 3.05) is 0 Å². The molecule has 5 nitrogen and oxygen atoms in total. The van der Waals surface area contributed by atoms with Crippen molar-refractivity contribution in [2.24, 2.45) is 0 Å². The van der Waals surface area contributed by atoms with Crippen LogP contribution in [0.3, 0.4) is 0 Å². The van der Waals surface area contributed by atoms with Crippen LogP contribution in [0.4, 0.5) is 0 Å². The summed E-state index contributed by atoms with van der Waals surface area (Å²) in [5.41, 5.74) is 1.27. The van der Waals surface area contributed by atoms with E-state index in [1.54, 1.807) is 32.1 Å². The number of rotatable bonds is 5. The van der Waals surface area contributed by atoms with Crippen molar-refractivity contribution >= 4 is 38.8 Å². The number of amides is 1. The van der Waals surface area contributed by atoms with Gasteiger partial charge in [0.05, 0.1) is 0 Å². The maximum atomic E-state index is 12.3. The zero-order valence-corrected chi connectivity index (χ0v) is 13.8. The highest BCUT2D eigenvalue weighted by Crippen LogP contribution is 2.28. The van der Waals surface area contributed by atoms with Gasteiger partial charge in [-0.3, -0.25) is 4.79 Å². The van der Waals surface area contributed by atoms with E-state index >= 15 is 0 Å². The molecule has 1 heterocycles. The van der Waals surface area contributed by atoms with Crippen molar-refractivity contribution in [3.8, 4) is 0 Å². The van der Waals surface area contributed by atoms with Crippen LogP contribution in [0.1, 0.15) is 29.5 Å².